The van der Waals surface area contributed by atoms with Crippen LogP contribution < -0.4 is 10.9 Å². The number of nitrogens with zero attached hydrogens (tertiary/aromatic N) is 4. The monoisotopic (exact) mass is 324 g/mol. The predicted molar refractivity (Wildman–Crippen MR) is 87.7 cm³/mol. The maximum absolute atomic E-state index is 12.5. The van der Waals surface area contributed by atoms with Crippen LogP contribution in [0.2, 0.25) is 0 Å². The Hall–Kier alpha value is -3.03. The summed E-state index contributed by atoms with van der Waals surface area (Å²) in [6, 6.07) is 7.75. The van der Waals surface area contributed by atoms with Crippen molar-refractivity contribution in [3.63, 3.8) is 0 Å². The standard InChI is InChI=1S/C16H16N6O2/c1-9(22-15(23)7-6-12(20-22)10-2-3-10)16(24)17-11-4-5-13-14(8-11)19-21-18-13/h4-10H,2-3H2,1H3,(H,17,24)(H,18,19,21). The van der Waals surface area contributed by atoms with E-state index < -0.39 is 6.04 Å². The van der Waals surface area contributed by atoms with Crippen molar-refractivity contribution >= 4 is 22.6 Å². The normalized spacial score (nSPS) is 15.4. The Morgan fingerprint density at radius 2 is 2.04 bits per heavy atom. The van der Waals surface area contributed by atoms with Crippen molar-refractivity contribution in [3.8, 4) is 0 Å². The van der Waals surface area contributed by atoms with Gasteiger partial charge in [0.05, 0.1) is 5.69 Å². The Morgan fingerprint density at radius 3 is 2.83 bits per heavy atom. The van der Waals surface area contributed by atoms with Gasteiger partial charge in [0.25, 0.3) is 5.56 Å². The van der Waals surface area contributed by atoms with Crippen LogP contribution in [-0.2, 0) is 4.79 Å². The molecule has 122 valence electrons. The van der Waals surface area contributed by atoms with Crippen LogP contribution in [0.1, 0.15) is 37.4 Å². The zero-order valence-electron chi connectivity index (χ0n) is 13.1. The Kier molecular flexibility index (Phi) is 3.37. The highest BCUT2D eigenvalue weighted by Crippen LogP contribution is 2.38. The fourth-order valence-electron chi connectivity index (χ4n) is 2.59. The van der Waals surface area contributed by atoms with E-state index in [2.05, 4.69) is 25.8 Å². The van der Waals surface area contributed by atoms with E-state index in [9.17, 15) is 9.59 Å². The summed E-state index contributed by atoms with van der Waals surface area (Å²) in [4.78, 5) is 24.5. The highest BCUT2D eigenvalue weighted by atomic mass is 16.2. The lowest BCUT2D eigenvalue weighted by molar-refractivity contribution is -0.119. The quantitative estimate of drug-likeness (QED) is 0.758. The third-order valence-electron chi connectivity index (χ3n) is 4.17. The minimum absolute atomic E-state index is 0.283. The molecular weight excluding hydrogens is 308 g/mol. The number of carbonyl (C=O) groups is 1. The van der Waals surface area contributed by atoms with Crippen LogP contribution in [0.4, 0.5) is 5.69 Å². The molecule has 1 unspecified atom stereocenters. The summed E-state index contributed by atoms with van der Waals surface area (Å²) in [6.45, 7) is 1.66. The van der Waals surface area contributed by atoms with Crippen LogP contribution in [0, 0.1) is 0 Å². The zero-order chi connectivity index (χ0) is 16.7. The molecule has 24 heavy (non-hydrogen) atoms. The Balaban J connectivity index is 1.57. The van der Waals surface area contributed by atoms with Gasteiger partial charge in [-0.3, -0.25) is 9.59 Å². The highest BCUT2D eigenvalue weighted by molar-refractivity contribution is 5.95. The molecular formula is C16H16N6O2. The molecule has 1 fully saturated rings. The number of anilines is 1. The molecule has 8 nitrogen and oxygen atoms in total. The third-order valence-corrected chi connectivity index (χ3v) is 4.17. The van der Waals surface area contributed by atoms with Crippen molar-refractivity contribution in [1.82, 2.24) is 25.2 Å². The third kappa shape index (κ3) is 2.66. The lowest BCUT2D eigenvalue weighted by Gasteiger charge is -2.14. The number of carbonyl (C=O) groups excluding carboxylic acids is 1. The average Bonchev–Trinajstić information content (AvgIpc) is 3.32. The molecule has 3 aromatic rings. The Labute approximate surface area is 136 Å². The lowest BCUT2D eigenvalue weighted by Crippen LogP contribution is -2.33. The molecule has 0 aliphatic heterocycles. The molecule has 8 heteroatoms. The largest absolute Gasteiger partial charge is 0.324 e. The fourth-order valence-corrected chi connectivity index (χ4v) is 2.59. The van der Waals surface area contributed by atoms with Gasteiger partial charge in [-0.2, -0.15) is 20.5 Å². The number of fused-ring (bicyclic) bond motifs is 1. The van der Waals surface area contributed by atoms with E-state index in [0.29, 0.717) is 17.1 Å². The van der Waals surface area contributed by atoms with Gasteiger partial charge in [-0.25, -0.2) is 4.68 Å². The molecule has 4 rings (SSSR count). The van der Waals surface area contributed by atoms with Gasteiger partial charge in [0.2, 0.25) is 5.91 Å². The van der Waals surface area contributed by atoms with Crippen LogP contribution >= 0.6 is 0 Å². The molecule has 1 atom stereocenters. The second-order valence-electron chi connectivity index (χ2n) is 6.01. The Bertz CT molecular complexity index is 972. The molecule has 1 aromatic carbocycles. The van der Waals surface area contributed by atoms with Gasteiger partial charge in [0, 0.05) is 17.7 Å². The van der Waals surface area contributed by atoms with Gasteiger partial charge in [-0.05, 0) is 44.0 Å². The maximum atomic E-state index is 12.5. The molecule has 0 saturated heterocycles. The molecule has 2 aromatic heterocycles. The first-order valence-electron chi connectivity index (χ1n) is 7.83. The molecule has 2 heterocycles. The first kappa shape index (κ1) is 14.6. The van der Waals surface area contributed by atoms with Crippen LogP contribution in [0.25, 0.3) is 11.0 Å². The van der Waals surface area contributed by atoms with Gasteiger partial charge in [0.1, 0.15) is 17.1 Å². The molecule has 0 radical (unpaired) electrons. The van der Waals surface area contributed by atoms with E-state index in [1.807, 2.05) is 0 Å². The van der Waals surface area contributed by atoms with E-state index in [0.717, 1.165) is 24.1 Å². The number of rotatable bonds is 4. The van der Waals surface area contributed by atoms with Gasteiger partial charge >= 0.3 is 0 Å². The number of hydrogen-bond donors (Lipinski definition) is 2. The summed E-state index contributed by atoms with van der Waals surface area (Å²) >= 11 is 0. The SMILES string of the molecule is CC(C(=O)Nc1ccc2n[nH]nc2c1)n1nc(C2CC2)ccc1=O. The first-order valence-corrected chi connectivity index (χ1v) is 7.83. The minimum atomic E-state index is -0.704. The minimum Gasteiger partial charge on any atom is -0.324 e. The summed E-state index contributed by atoms with van der Waals surface area (Å²) < 4.78 is 1.25. The second-order valence-corrected chi connectivity index (χ2v) is 6.01. The maximum Gasteiger partial charge on any atom is 0.267 e. The van der Waals surface area contributed by atoms with Gasteiger partial charge in [-0.1, -0.05) is 0 Å². The zero-order valence-corrected chi connectivity index (χ0v) is 13.1. The van der Waals surface area contributed by atoms with E-state index in [1.54, 1.807) is 31.2 Å². The molecule has 0 bridgehead atoms. The van der Waals surface area contributed by atoms with Crippen molar-refractivity contribution in [2.75, 3.05) is 5.32 Å². The molecule has 1 aliphatic rings. The number of aromatic amines is 1. The van der Waals surface area contributed by atoms with Gasteiger partial charge < -0.3 is 5.32 Å². The molecule has 1 amide bonds. The van der Waals surface area contributed by atoms with Crippen LogP contribution in [0.15, 0.2) is 35.1 Å². The van der Waals surface area contributed by atoms with Gasteiger partial charge in [0.15, 0.2) is 0 Å². The number of nitrogens with one attached hydrogen (secondary N) is 2. The number of amides is 1. The molecule has 0 spiro atoms. The molecule has 1 aliphatic carbocycles. The lowest BCUT2D eigenvalue weighted by atomic mass is 10.2. The van der Waals surface area contributed by atoms with Crippen LogP contribution in [0.3, 0.4) is 0 Å². The topological polar surface area (TPSA) is 106 Å². The van der Waals surface area contributed by atoms with E-state index in [-0.39, 0.29) is 11.5 Å². The van der Waals surface area contributed by atoms with E-state index in [4.69, 9.17) is 0 Å². The van der Waals surface area contributed by atoms with Crippen LogP contribution in [0.5, 0.6) is 0 Å². The molecule has 2 N–H and O–H groups in total. The smallest absolute Gasteiger partial charge is 0.267 e. The highest BCUT2D eigenvalue weighted by Gasteiger charge is 2.27. The second kappa shape index (κ2) is 5.55. The number of hydrogen-bond acceptors (Lipinski definition) is 5. The van der Waals surface area contributed by atoms with Crippen molar-refractivity contribution in [3.05, 3.63) is 46.4 Å². The first-order chi connectivity index (χ1) is 11.6. The van der Waals surface area contributed by atoms with Crippen molar-refractivity contribution < 1.29 is 4.79 Å². The van der Waals surface area contributed by atoms with E-state index >= 15 is 0 Å². The van der Waals surface area contributed by atoms with Crippen LogP contribution in [-0.4, -0.2) is 31.1 Å². The van der Waals surface area contributed by atoms with Crippen molar-refractivity contribution in [2.24, 2.45) is 0 Å². The average molecular weight is 324 g/mol. The molecule has 1 saturated carbocycles. The summed E-state index contributed by atoms with van der Waals surface area (Å²) in [6.07, 6.45) is 2.17. The van der Waals surface area contributed by atoms with Gasteiger partial charge in [-0.15, -0.1) is 0 Å². The van der Waals surface area contributed by atoms with Crippen molar-refractivity contribution in [1.29, 1.82) is 0 Å². The van der Waals surface area contributed by atoms with Crippen molar-refractivity contribution in [2.45, 2.75) is 31.7 Å². The number of aromatic nitrogens is 5. The summed E-state index contributed by atoms with van der Waals surface area (Å²) in [7, 11) is 0. The fraction of sp³-hybridized carbons (Fsp3) is 0.312. The summed E-state index contributed by atoms with van der Waals surface area (Å²) in [5.74, 6) is 0.113. The number of H-pyrrole nitrogens is 1. The summed E-state index contributed by atoms with van der Waals surface area (Å²) in [5, 5.41) is 17.6. The number of benzene rings is 1. The summed E-state index contributed by atoms with van der Waals surface area (Å²) in [5.41, 5.74) is 2.56. The van der Waals surface area contributed by atoms with E-state index in [1.165, 1.54) is 10.7 Å². The Morgan fingerprint density at radius 1 is 1.25 bits per heavy atom. The predicted octanol–water partition coefficient (Wildman–Crippen LogP) is 1.59.